The van der Waals surface area contributed by atoms with Crippen LogP contribution in [0.4, 0.5) is 10.1 Å². The summed E-state index contributed by atoms with van der Waals surface area (Å²) in [6, 6.07) is 15.7. The van der Waals surface area contributed by atoms with Crippen molar-refractivity contribution in [2.45, 2.75) is 13.8 Å². The van der Waals surface area contributed by atoms with Gasteiger partial charge in [0.05, 0.1) is 12.7 Å². The number of hydrogen-bond donors (Lipinski definition) is 1. The second-order valence-electron chi connectivity index (χ2n) is 5.80. The number of ether oxygens (including phenoxy) is 1. The molecule has 0 aliphatic rings. The van der Waals surface area contributed by atoms with E-state index >= 15 is 0 Å². The Kier molecular flexibility index (Phi) is 4.57. The third kappa shape index (κ3) is 3.40. The number of methoxy groups -OCH3 is 1. The maximum absolute atomic E-state index is 14.0. The van der Waals surface area contributed by atoms with Crippen molar-refractivity contribution >= 4 is 11.6 Å². The molecular formula is C20H19FN2O2. The summed E-state index contributed by atoms with van der Waals surface area (Å²) in [5.74, 6) is -0.746. The van der Waals surface area contributed by atoms with E-state index in [0.717, 1.165) is 17.1 Å². The van der Waals surface area contributed by atoms with Crippen molar-refractivity contribution < 1.29 is 13.9 Å². The summed E-state index contributed by atoms with van der Waals surface area (Å²) in [5.41, 5.74) is 3.85. The molecule has 0 radical (unpaired) electrons. The second kappa shape index (κ2) is 6.81. The zero-order chi connectivity index (χ0) is 18.0. The molecule has 0 spiro atoms. The van der Waals surface area contributed by atoms with E-state index in [4.69, 9.17) is 4.74 Å². The summed E-state index contributed by atoms with van der Waals surface area (Å²) in [5, 5.41) is 2.71. The van der Waals surface area contributed by atoms with E-state index in [-0.39, 0.29) is 5.56 Å². The Morgan fingerprint density at radius 3 is 2.20 bits per heavy atom. The molecule has 0 saturated carbocycles. The van der Waals surface area contributed by atoms with Crippen molar-refractivity contribution in [1.29, 1.82) is 0 Å². The number of carbonyl (C=O) groups is 1. The van der Waals surface area contributed by atoms with Gasteiger partial charge in [0.1, 0.15) is 11.6 Å². The molecule has 3 rings (SSSR count). The number of rotatable bonds is 4. The molecule has 2 aromatic carbocycles. The predicted octanol–water partition coefficient (Wildman–Crippen LogP) is 4.49. The standard InChI is InChI=1S/C20H19FN2O2/c1-13-4-5-14(2)23(13)16-8-6-15(7-9-16)22-20(24)18-11-10-17(25-3)12-19(18)21/h4-12H,1-3H3,(H,22,24). The van der Waals surface area contributed by atoms with E-state index in [2.05, 4.69) is 22.0 Å². The van der Waals surface area contributed by atoms with Crippen LogP contribution in [0.15, 0.2) is 54.6 Å². The summed E-state index contributed by atoms with van der Waals surface area (Å²) < 4.78 is 21.0. The summed E-state index contributed by atoms with van der Waals surface area (Å²) >= 11 is 0. The fourth-order valence-corrected chi connectivity index (χ4v) is 2.77. The average Bonchev–Trinajstić information content (AvgIpc) is 2.94. The zero-order valence-corrected chi connectivity index (χ0v) is 14.3. The number of halogens is 1. The number of benzene rings is 2. The highest BCUT2D eigenvalue weighted by molar-refractivity contribution is 6.04. The summed E-state index contributed by atoms with van der Waals surface area (Å²) in [6.07, 6.45) is 0. The average molecular weight is 338 g/mol. The molecular weight excluding hydrogens is 319 g/mol. The quantitative estimate of drug-likeness (QED) is 0.761. The fourth-order valence-electron chi connectivity index (χ4n) is 2.77. The number of nitrogens with one attached hydrogen (secondary N) is 1. The molecule has 0 bridgehead atoms. The van der Waals surface area contributed by atoms with Crippen molar-refractivity contribution in [3.63, 3.8) is 0 Å². The maximum Gasteiger partial charge on any atom is 0.258 e. The highest BCUT2D eigenvalue weighted by Crippen LogP contribution is 2.20. The van der Waals surface area contributed by atoms with Gasteiger partial charge in [0.2, 0.25) is 0 Å². The van der Waals surface area contributed by atoms with E-state index in [9.17, 15) is 9.18 Å². The van der Waals surface area contributed by atoms with E-state index in [0.29, 0.717) is 11.4 Å². The van der Waals surface area contributed by atoms with Crippen LogP contribution in [0.2, 0.25) is 0 Å². The molecule has 1 N–H and O–H groups in total. The first-order valence-electron chi connectivity index (χ1n) is 7.90. The van der Waals surface area contributed by atoms with Gasteiger partial charge in [-0.15, -0.1) is 0 Å². The van der Waals surface area contributed by atoms with Gasteiger partial charge >= 0.3 is 0 Å². The summed E-state index contributed by atoms with van der Waals surface area (Å²) in [7, 11) is 1.45. The minimum atomic E-state index is -0.618. The number of aryl methyl sites for hydroxylation is 2. The van der Waals surface area contributed by atoms with Gasteiger partial charge < -0.3 is 14.6 Å². The molecule has 1 amide bonds. The van der Waals surface area contributed by atoms with Crippen LogP contribution in [-0.2, 0) is 0 Å². The topological polar surface area (TPSA) is 43.3 Å². The largest absolute Gasteiger partial charge is 0.497 e. The highest BCUT2D eigenvalue weighted by atomic mass is 19.1. The van der Waals surface area contributed by atoms with E-state index in [1.807, 2.05) is 26.0 Å². The number of aromatic nitrogens is 1. The van der Waals surface area contributed by atoms with E-state index in [1.165, 1.54) is 19.2 Å². The number of nitrogens with zero attached hydrogens (tertiary/aromatic N) is 1. The Hall–Kier alpha value is -3.08. The number of anilines is 1. The van der Waals surface area contributed by atoms with Crippen LogP contribution in [0, 0.1) is 19.7 Å². The van der Waals surface area contributed by atoms with E-state index < -0.39 is 11.7 Å². The summed E-state index contributed by atoms with van der Waals surface area (Å²) in [6.45, 7) is 4.07. The number of hydrogen-bond acceptors (Lipinski definition) is 2. The Labute approximate surface area is 145 Å². The Morgan fingerprint density at radius 2 is 1.64 bits per heavy atom. The molecule has 4 nitrogen and oxygen atoms in total. The SMILES string of the molecule is COc1ccc(C(=O)Nc2ccc(-n3c(C)ccc3C)cc2)c(F)c1. The van der Waals surface area contributed by atoms with Crippen molar-refractivity contribution in [3.05, 3.63) is 77.4 Å². The Balaban J connectivity index is 1.79. The first-order valence-corrected chi connectivity index (χ1v) is 7.90. The van der Waals surface area contributed by atoms with Crippen molar-refractivity contribution in [1.82, 2.24) is 4.57 Å². The first kappa shape index (κ1) is 16.8. The Bertz CT molecular complexity index is 894. The van der Waals surface area contributed by atoms with Crippen molar-refractivity contribution in [3.8, 4) is 11.4 Å². The lowest BCUT2D eigenvalue weighted by Crippen LogP contribution is -2.13. The fraction of sp³-hybridized carbons (Fsp3) is 0.150. The lowest BCUT2D eigenvalue weighted by atomic mass is 10.2. The summed E-state index contributed by atoms with van der Waals surface area (Å²) in [4.78, 5) is 12.3. The minimum Gasteiger partial charge on any atom is -0.497 e. The zero-order valence-electron chi connectivity index (χ0n) is 14.3. The van der Waals surface area contributed by atoms with Gasteiger partial charge in [-0.2, -0.15) is 0 Å². The third-order valence-corrected chi connectivity index (χ3v) is 4.08. The van der Waals surface area contributed by atoms with Crippen LogP contribution in [0.25, 0.3) is 5.69 Å². The molecule has 0 fully saturated rings. The second-order valence-corrected chi connectivity index (χ2v) is 5.80. The van der Waals surface area contributed by atoms with Crippen LogP contribution in [0.1, 0.15) is 21.7 Å². The molecule has 1 aromatic heterocycles. The van der Waals surface area contributed by atoms with Gasteiger partial charge in [-0.3, -0.25) is 4.79 Å². The normalized spacial score (nSPS) is 10.6. The molecule has 0 atom stereocenters. The van der Waals surface area contributed by atoms with Crippen LogP contribution in [0.3, 0.4) is 0 Å². The van der Waals surface area contributed by atoms with E-state index in [1.54, 1.807) is 18.2 Å². The van der Waals surface area contributed by atoms with Gasteiger partial charge in [-0.1, -0.05) is 0 Å². The molecule has 3 aromatic rings. The lowest BCUT2D eigenvalue weighted by Gasteiger charge is -2.11. The molecule has 25 heavy (non-hydrogen) atoms. The Morgan fingerprint density at radius 1 is 1.00 bits per heavy atom. The third-order valence-electron chi connectivity index (χ3n) is 4.08. The molecule has 0 aliphatic carbocycles. The van der Waals surface area contributed by atoms with Gasteiger partial charge in [0, 0.05) is 28.8 Å². The van der Waals surface area contributed by atoms with Gasteiger partial charge in [0.25, 0.3) is 5.91 Å². The minimum absolute atomic E-state index is 0.0259. The van der Waals surface area contributed by atoms with Crippen molar-refractivity contribution in [2.24, 2.45) is 0 Å². The van der Waals surface area contributed by atoms with Crippen molar-refractivity contribution in [2.75, 3.05) is 12.4 Å². The smallest absolute Gasteiger partial charge is 0.258 e. The van der Waals surface area contributed by atoms with Gasteiger partial charge in [-0.05, 0) is 62.4 Å². The molecule has 0 saturated heterocycles. The van der Waals surface area contributed by atoms with Crippen LogP contribution in [0.5, 0.6) is 5.75 Å². The first-order chi connectivity index (χ1) is 12.0. The predicted molar refractivity (Wildman–Crippen MR) is 96.1 cm³/mol. The van der Waals surface area contributed by atoms with Gasteiger partial charge in [-0.25, -0.2) is 4.39 Å². The number of carbonyl (C=O) groups excluding carboxylic acids is 1. The van der Waals surface area contributed by atoms with Gasteiger partial charge in [0.15, 0.2) is 0 Å². The lowest BCUT2D eigenvalue weighted by molar-refractivity contribution is 0.102. The molecule has 0 aliphatic heterocycles. The molecule has 0 unspecified atom stereocenters. The number of amides is 1. The molecule has 128 valence electrons. The monoisotopic (exact) mass is 338 g/mol. The molecule has 1 heterocycles. The van der Waals surface area contributed by atoms with Crippen LogP contribution < -0.4 is 10.1 Å². The highest BCUT2D eigenvalue weighted by Gasteiger charge is 2.13. The molecule has 5 heteroatoms. The maximum atomic E-state index is 14.0. The van der Waals surface area contributed by atoms with Crippen LogP contribution in [-0.4, -0.2) is 17.6 Å². The van der Waals surface area contributed by atoms with Crippen LogP contribution >= 0.6 is 0 Å².